The molecule has 1 aromatic heterocycles. The first-order valence-corrected chi connectivity index (χ1v) is 7.45. The standard InChI is InChI=1S/C18H21N3/c1-3-21-17-7-5-4-6-16(17)20-18(21)12-15(19)14-10-8-13(2)9-11-14/h4-11,15H,3,12,19H2,1-2H3. The van der Waals surface area contributed by atoms with E-state index in [1.807, 2.05) is 6.07 Å². The van der Waals surface area contributed by atoms with Gasteiger partial charge in [0.25, 0.3) is 0 Å². The Morgan fingerprint density at radius 3 is 2.52 bits per heavy atom. The third kappa shape index (κ3) is 2.69. The summed E-state index contributed by atoms with van der Waals surface area (Å²) in [5.41, 5.74) is 11.0. The van der Waals surface area contributed by atoms with Crippen molar-refractivity contribution in [1.82, 2.24) is 9.55 Å². The Hall–Kier alpha value is -2.13. The molecule has 2 aromatic carbocycles. The molecule has 0 saturated heterocycles. The van der Waals surface area contributed by atoms with Gasteiger partial charge < -0.3 is 10.3 Å². The lowest BCUT2D eigenvalue weighted by Crippen LogP contribution is -2.16. The van der Waals surface area contributed by atoms with E-state index in [0.29, 0.717) is 0 Å². The Morgan fingerprint density at radius 2 is 1.81 bits per heavy atom. The maximum atomic E-state index is 6.37. The van der Waals surface area contributed by atoms with Gasteiger partial charge in [-0.2, -0.15) is 0 Å². The lowest BCUT2D eigenvalue weighted by Gasteiger charge is -2.13. The van der Waals surface area contributed by atoms with Gasteiger partial charge in [0.2, 0.25) is 0 Å². The molecule has 0 fully saturated rings. The minimum atomic E-state index is -0.0206. The van der Waals surface area contributed by atoms with Crippen LogP contribution < -0.4 is 5.73 Å². The number of benzene rings is 2. The van der Waals surface area contributed by atoms with Crippen LogP contribution in [-0.2, 0) is 13.0 Å². The average Bonchev–Trinajstić information content (AvgIpc) is 2.84. The molecule has 3 rings (SSSR count). The topological polar surface area (TPSA) is 43.8 Å². The lowest BCUT2D eigenvalue weighted by molar-refractivity contribution is 0.637. The van der Waals surface area contributed by atoms with Crippen LogP contribution in [0.1, 0.15) is 29.9 Å². The van der Waals surface area contributed by atoms with E-state index in [1.54, 1.807) is 0 Å². The molecule has 0 aliphatic rings. The molecule has 1 atom stereocenters. The summed E-state index contributed by atoms with van der Waals surface area (Å²) in [7, 11) is 0. The van der Waals surface area contributed by atoms with Gasteiger partial charge in [-0.25, -0.2) is 4.98 Å². The first kappa shape index (κ1) is 13.8. The van der Waals surface area contributed by atoms with Gasteiger partial charge in [-0.05, 0) is 31.5 Å². The van der Waals surface area contributed by atoms with Gasteiger partial charge in [0.1, 0.15) is 5.82 Å². The highest BCUT2D eigenvalue weighted by molar-refractivity contribution is 5.75. The second kappa shape index (κ2) is 5.70. The quantitative estimate of drug-likeness (QED) is 0.793. The molecule has 0 aliphatic heterocycles. The molecule has 1 heterocycles. The number of aryl methyl sites for hydroxylation is 2. The molecule has 0 aliphatic carbocycles. The van der Waals surface area contributed by atoms with Gasteiger partial charge in [0.05, 0.1) is 11.0 Å². The number of fused-ring (bicyclic) bond motifs is 1. The molecule has 3 aromatic rings. The number of imidazole rings is 1. The van der Waals surface area contributed by atoms with Crippen molar-refractivity contribution < 1.29 is 0 Å². The van der Waals surface area contributed by atoms with Crippen molar-refractivity contribution in [3.8, 4) is 0 Å². The predicted molar refractivity (Wildman–Crippen MR) is 87.2 cm³/mol. The molecule has 0 radical (unpaired) electrons. The summed E-state index contributed by atoms with van der Waals surface area (Å²) >= 11 is 0. The molecular formula is C18H21N3. The number of nitrogens with two attached hydrogens (primary N) is 1. The van der Waals surface area contributed by atoms with Crippen molar-refractivity contribution >= 4 is 11.0 Å². The van der Waals surface area contributed by atoms with Crippen LogP contribution >= 0.6 is 0 Å². The van der Waals surface area contributed by atoms with Crippen LogP contribution in [0, 0.1) is 6.92 Å². The third-order valence-corrected chi connectivity index (χ3v) is 3.96. The summed E-state index contributed by atoms with van der Waals surface area (Å²) in [5, 5.41) is 0. The van der Waals surface area contributed by atoms with Crippen LogP contribution in [-0.4, -0.2) is 9.55 Å². The van der Waals surface area contributed by atoms with Crippen LogP contribution in [0.3, 0.4) is 0 Å². The second-order valence-corrected chi connectivity index (χ2v) is 5.48. The normalized spacial score (nSPS) is 12.7. The fraction of sp³-hybridized carbons (Fsp3) is 0.278. The summed E-state index contributed by atoms with van der Waals surface area (Å²) in [6.45, 7) is 5.15. The summed E-state index contributed by atoms with van der Waals surface area (Å²) in [6, 6.07) is 16.7. The van der Waals surface area contributed by atoms with E-state index in [1.165, 1.54) is 11.1 Å². The van der Waals surface area contributed by atoms with E-state index in [9.17, 15) is 0 Å². The fourth-order valence-electron chi connectivity index (χ4n) is 2.76. The minimum absolute atomic E-state index is 0.0206. The third-order valence-electron chi connectivity index (χ3n) is 3.96. The Bertz CT molecular complexity index is 741. The number of para-hydroxylation sites is 2. The number of aromatic nitrogens is 2. The largest absolute Gasteiger partial charge is 0.328 e. The van der Waals surface area contributed by atoms with Crippen molar-refractivity contribution in [2.24, 2.45) is 5.73 Å². The molecule has 1 unspecified atom stereocenters. The molecule has 3 heteroatoms. The molecule has 0 amide bonds. The highest BCUT2D eigenvalue weighted by Crippen LogP contribution is 2.21. The van der Waals surface area contributed by atoms with Crippen molar-refractivity contribution in [1.29, 1.82) is 0 Å². The van der Waals surface area contributed by atoms with Crippen LogP contribution in [0.4, 0.5) is 0 Å². The number of hydrogen-bond donors (Lipinski definition) is 1. The summed E-state index contributed by atoms with van der Waals surface area (Å²) in [5.74, 6) is 1.06. The number of rotatable bonds is 4. The maximum absolute atomic E-state index is 6.37. The zero-order valence-electron chi connectivity index (χ0n) is 12.6. The number of hydrogen-bond acceptors (Lipinski definition) is 2. The maximum Gasteiger partial charge on any atom is 0.111 e. The molecule has 0 spiro atoms. The Kier molecular flexibility index (Phi) is 3.76. The molecule has 0 bridgehead atoms. The monoisotopic (exact) mass is 279 g/mol. The Morgan fingerprint density at radius 1 is 1.10 bits per heavy atom. The SMILES string of the molecule is CCn1c(CC(N)c2ccc(C)cc2)nc2ccccc21. The smallest absolute Gasteiger partial charge is 0.111 e. The van der Waals surface area contributed by atoms with E-state index in [-0.39, 0.29) is 6.04 Å². The second-order valence-electron chi connectivity index (χ2n) is 5.48. The van der Waals surface area contributed by atoms with Crippen LogP contribution in [0.5, 0.6) is 0 Å². The van der Waals surface area contributed by atoms with Gasteiger partial charge in [-0.3, -0.25) is 0 Å². The van der Waals surface area contributed by atoms with Crippen LogP contribution in [0.25, 0.3) is 11.0 Å². The average molecular weight is 279 g/mol. The summed E-state index contributed by atoms with van der Waals surface area (Å²) in [6.07, 6.45) is 0.756. The Labute approximate surface area is 125 Å². The van der Waals surface area contributed by atoms with Crippen molar-refractivity contribution in [2.75, 3.05) is 0 Å². The van der Waals surface area contributed by atoms with E-state index >= 15 is 0 Å². The molecule has 2 N–H and O–H groups in total. The summed E-state index contributed by atoms with van der Waals surface area (Å²) < 4.78 is 2.25. The van der Waals surface area contributed by atoms with Crippen molar-refractivity contribution in [3.05, 3.63) is 65.5 Å². The van der Waals surface area contributed by atoms with E-state index < -0.39 is 0 Å². The van der Waals surface area contributed by atoms with Gasteiger partial charge >= 0.3 is 0 Å². The highest BCUT2D eigenvalue weighted by atomic mass is 15.1. The van der Waals surface area contributed by atoms with E-state index in [2.05, 4.69) is 60.9 Å². The number of nitrogens with zero attached hydrogens (tertiary/aromatic N) is 2. The highest BCUT2D eigenvalue weighted by Gasteiger charge is 2.14. The van der Waals surface area contributed by atoms with Gasteiger partial charge in [0.15, 0.2) is 0 Å². The van der Waals surface area contributed by atoms with Gasteiger partial charge in [-0.1, -0.05) is 42.0 Å². The molecular weight excluding hydrogens is 258 g/mol. The Balaban J connectivity index is 1.92. The van der Waals surface area contributed by atoms with Gasteiger partial charge in [-0.15, -0.1) is 0 Å². The molecule has 21 heavy (non-hydrogen) atoms. The zero-order valence-corrected chi connectivity index (χ0v) is 12.6. The minimum Gasteiger partial charge on any atom is -0.328 e. The molecule has 0 saturated carbocycles. The van der Waals surface area contributed by atoms with Crippen molar-refractivity contribution in [2.45, 2.75) is 32.9 Å². The van der Waals surface area contributed by atoms with Crippen LogP contribution in [0.2, 0.25) is 0 Å². The van der Waals surface area contributed by atoms with Gasteiger partial charge in [0, 0.05) is 19.0 Å². The summed E-state index contributed by atoms with van der Waals surface area (Å²) in [4.78, 5) is 4.75. The van der Waals surface area contributed by atoms with Crippen molar-refractivity contribution in [3.63, 3.8) is 0 Å². The zero-order chi connectivity index (χ0) is 14.8. The molecule has 3 nitrogen and oxygen atoms in total. The first-order chi connectivity index (χ1) is 10.2. The fourth-order valence-corrected chi connectivity index (χ4v) is 2.76. The van der Waals surface area contributed by atoms with Crippen LogP contribution in [0.15, 0.2) is 48.5 Å². The predicted octanol–water partition coefficient (Wildman–Crippen LogP) is 3.61. The lowest BCUT2D eigenvalue weighted by atomic mass is 10.0. The van der Waals surface area contributed by atoms with E-state index in [4.69, 9.17) is 10.7 Å². The van der Waals surface area contributed by atoms with E-state index in [0.717, 1.165) is 29.9 Å². The molecule has 108 valence electrons. The first-order valence-electron chi connectivity index (χ1n) is 7.45.